The summed E-state index contributed by atoms with van der Waals surface area (Å²) < 4.78 is 5.06. The summed E-state index contributed by atoms with van der Waals surface area (Å²) in [5.41, 5.74) is 0.472. The Hall–Kier alpha value is -2.83. The minimum absolute atomic E-state index is 0.0706. The number of hydrogen-bond acceptors (Lipinski definition) is 4. The van der Waals surface area contributed by atoms with Crippen molar-refractivity contribution in [1.29, 1.82) is 0 Å². The second-order valence-electron chi connectivity index (χ2n) is 8.17. The Morgan fingerprint density at radius 3 is 1.93 bits per heavy atom. The molecule has 0 unspecified atom stereocenters. The zero-order valence-corrected chi connectivity index (χ0v) is 16.8. The fourth-order valence-electron chi connectivity index (χ4n) is 1.82. The van der Waals surface area contributed by atoms with E-state index >= 15 is 0 Å². The highest BCUT2D eigenvalue weighted by Gasteiger charge is 2.16. The van der Waals surface area contributed by atoms with Gasteiger partial charge in [-0.2, -0.15) is 0 Å². The summed E-state index contributed by atoms with van der Waals surface area (Å²) in [5, 5.41) is 7.78. The molecule has 0 saturated heterocycles. The van der Waals surface area contributed by atoms with Crippen LogP contribution >= 0.6 is 0 Å². The van der Waals surface area contributed by atoms with Crippen LogP contribution in [-0.2, 0) is 14.3 Å². The summed E-state index contributed by atoms with van der Waals surface area (Å²) in [6.07, 6.45) is 2.67. The zero-order valence-electron chi connectivity index (χ0n) is 16.8. The van der Waals surface area contributed by atoms with Crippen LogP contribution in [-0.4, -0.2) is 30.1 Å². The normalized spacial score (nSPS) is 11.8. The van der Waals surface area contributed by atoms with Gasteiger partial charge < -0.3 is 20.7 Å². The summed E-state index contributed by atoms with van der Waals surface area (Å²) in [6, 6.07) is 6.68. The Balaban J connectivity index is 2.48. The molecule has 7 nitrogen and oxygen atoms in total. The molecule has 0 atom stereocenters. The highest BCUT2D eigenvalue weighted by molar-refractivity contribution is 5.99. The van der Waals surface area contributed by atoms with Gasteiger partial charge in [0, 0.05) is 11.4 Å². The van der Waals surface area contributed by atoms with Gasteiger partial charge >= 0.3 is 6.09 Å². The summed E-state index contributed by atoms with van der Waals surface area (Å²) in [7, 11) is 0. The maximum Gasteiger partial charge on any atom is 0.408 e. The van der Waals surface area contributed by atoms with Gasteiger partial charge in [-0.05, 0) is 56.5 Å². The van der Waals surface area contributed by atoms with Gasteiger partial charge in [0.2, 0.25) is 11.8 Å². The smallest absolute Gasteiger partial charge is 0.408 e. The zero-order chi connectivity index (χ0) is 20.7. The molecular formula is C20H29N3O4. The van der Waals surface area contributed by atoms with Crippen LogP contribution in [0.5, 0.6) is 0 Å². The van der Waals surface area contributed by atoms with Crippen LogP contribution in [0.2, 0.25) is 0 Å². The number of carbonyl (C=O) groups excluding carboxylic acids is 3. The third kappa shape index (κ3) is 10.7. The number of anilines is 2. The van der Waals surface area contributed by atoms with Crippen molar-refractivity contribution in [2.45, 2.75) is 47.1 Å². The maximum absolute atomic E-state index is 11.9. The molecule has 0 bridgehead atoms. The van der Waals surface area contributed by atoms with Crippen molar-refractivity contribution in [2.24, 2.45) is 5.41 Å². The van der Waals surface area contributed by atoms with E-state index in [-0.39, 0.29) is 23.8 Å². The lowest BCUT2D eigenvalue weighted by molar-refractivity contribution is -0.115. The van der Waals surface area contributed by atoms with E-state index in [4.69, 9.17) is 4.74 Å². The first-order valence-corrected chi connectivity index (χ1v) is 8.71. The van der Waals surface area contributed by atoms with Gasteiger partial charge in [0.05, 0.1) is 0 Å². The molecule has 0 aliphatic heterocycles. The topological polar surface area (TPSA) is 96.5 Å². The van der Waals surface area contributed by atoms with Crippen molar-refractivity contribution in [1.82, 2.24) is 5.32 Å². The van der Waals surface area contributed by atoms with Crippen molar-refractivity contribution < 1.29 is 19.1 Å². The van der Waals surface area contributed by atoms with E-state index in [1.807, 2.05) is 26.8 Å². The molecule has 27 heavy (non-hydrogen) atoms. The van der Waals surface area contributed by atoms with Crippen LogP contribution in [0.15, 0.2) is 36.4 Å². The van der Waals surface area contributed by atoms with E-state index in [1.165, 1.54) is 6.08 Å². The number of ether oxygens (including phenoxy) is 1. The van der Waals surface area contributed by atoms with Gasteiger partial charge in [0.25, 0.3) is 0 Å². The van der Waals surface area contributed by atoms with E-state index in [0.29, 0.717) is 11.4 Å². The third-order valence-electron chi connectivity index (χ3n) is 2.96. The van der Waals surface area contributed by atoms with E-state index in [9.17, 15) is 14.4 Å². The number of rotatable bonds is 5. The second kappa shape index (κ2) is 9.21. The van der Waals surface area contributed by atoms with Crippen molar-refractivity contribution >= 4 is 29.3 Å². The molecule has 148 valence electrons. The first-order valence-electron chi connectivity index (χ1n) is 8.71. The number of nitrogens with one attached hydrogen (secondary N) is 3. The molecule has 3 amide bonds. The van der Waals surface area contributed by atoms with Gasteiger partial charge in [0.1, 0.15) is 12.1 Å². The molecule has 0 aromatic heterocycles. The molecule has 3 N–H and O–H groups in total. The number of allylic oxidation sites excluding steroid dienone is 1. The maximum atomic E-state index is 11.9. The molecule has 0 radical (unpaired) electrons. The molecular weight excluding hydrogens is 346 g/mol. The van der Waals surface area contributed by atoms with Gasteiger partial charge in [-0.1, -0.05) is 26.8 Å². The highest BCUT2D eigenvalue weighted by atomic mass is 16.6. The van der Waals surface area contributed by atoms with Crippen molar-refractivity contribution in [3.05, 3.63) is 36.4 Å². The number of carbonyl (C=O) groups is 3. The standard InChI is InChI=1S/C20H29N3O4/c1-19(2,3)12-11-16(24)22-14-7-9-15(10-8-14)23-17(25)13-21-18(26)27-20(4,5)6/h7-12H,13H2,1-6H3,(H,21,26)(H,22,24)(H,23,25)/b12-11+. The van der Waals surface area contributed by atoms with Crippen molar-refractivity contribution in [2.75, 3.05) is 17.2 Å². The largest absolute Gasteiger partial charge is 0.444 e. The van der Waals surface area contributed by atoms with Crippen LogP contribution in [0.1, 0.15) is 41.5 Å². The predicted octanol–water partition coefficient (Wildman–Crippen LogP) is 3.69. The highest BCUT2D eigenvalue weighted by Crippen LogP contribution is 2.16. The number of alkyl carbamates (subject to hydrolysis) is 1. The molecule has 0 fully saturated rings. The lowest BCUT2D eigenvalue weighted by Crippen LogP contribution is -2.37. The monoisotopic (exact) mass is 375 g/mol. The number of benzene rings is 1. The predicted molar refractivity (Wildman–Crippen MR) is 107 cm³/mol. The van der Waals surface area contributed by atoms with Crippen LogP contribution in [0.4, 0.5) is 16.2 Å². The third-order valence-corrected chi connectivity index (χ3v) is 2.96. The van der Waals surface area contributed by atoms with E-state index in [2.05, 4.69) is 16.0 Å². The molecule has 0 aliphatic carbocycles. The van der Waals surface area contributed by atoms with Gasteiger partial charge in [-0.3, -0.25) is 9.59 Å². The second-order valence-corrected chi connectivity index (χ2v) is 8.17. The van der Waals surface area contributed by atoms with Gasteiger partial charge in [0.15, 0.2) is 0 Å². The lowest BCUT2D eigenvalue weighted by atomic mass is 9.96. The first kappa shape index (κ1) is 22.2. The van der Waals surface area contributed by atoms with Crippen LogP contribution in [0.3, 0.4) is 0 Å². The average molecular weight is 375 g/mol. The lowest BCUT2D eigenvalue weighted by Gasteiger charge is -2.19. The molecule has 1 aromatic rings. The fraction of sp³-hybridized carbons (Fsp3) is 0.450. The molecule has 0 aliphatic rings. The summed E-state index contributed by atoms with van der Waals surface area (Å²) in [4.78, 5) is 35.2. The minimum Gasteiger partial charge on any atom is -0.444 e. The summed E-state index contributed by atoms with van der Waals surface area (Å²) in [5.74, 6) is -0.603. The Morgan fingerprint density at radius 2 is 1.44 bits per heavy atom. The molecule has 0 spiro atoms. The Kier molecular flexibility index (Phi) is 7.57. The minimum atomic E-state index is -0.654. The number of hydrogen-bond donors (Lipinski definition) is 3. The number of amides is 3. The van der Waals surface area contributed by atoms with E-state index in [1.54, 1.807) is 45.0 Å². The van der Waals surface area contributed by atoms with Crippen LogP contribution < -0.4 is 16.0 Å². The average Bonchev–Trinajstić information content (AvgIpc) is 2.51. The Bertz CT molecular complexity index is 695. The van der Waals surface area contributed by atoms with E-state index < -0.39 is 11.7 Å². The van der Waals surface area contributed by atoms with Gasteiger partial charge in [-0.15, -0.1) is 0 Å². The van der Waals surface area contributed by atoms with Gasteiger partial charge in [-0.25, -0.2) is 4.79 Å². The fourth-order valence-corrected chi connectivity index (χ4v) is 1.82. The molecule has 0 heterocycles. The van der Waals surface area contributed by atoms with E-state index in [0.717, 1.165) is 0 Å². The Morgan fingerprint density at radius 1 is 0.926 bits per heavy atom. The van der Waals surface area contributed by atoms with Crippen LogP contribution in [0.25, 0.3) is 0 Å². The summed E-state index contributed by atoms with van der Waals surface area (Å²) in [6.45, 7) is 11.0. The molecule has 1 rings (SSSR count). The quantitative estimate of drug-likeness (QED) is 0.684. The van der Waals surface area contributed by atoms with Crippen molar-refractivity contribution in [3.8, 4) is 0 Å². The Labute approximate surface area is 160 Å². The van der Waals surface area contributed by atoms with Crippen molar-refractivity contribution in [3.63, 3.8) is 0 Å². The molecule has 7 heteroatoms. The van der Waals surface area contributed by atoms with Crippen LogP contribution in [0, 0.1) is 5.41 Å². The summed E-state index contributed by atoms with van der Waals surface area (Å²) >= 11 is 0. The molecule has 0 saturated carbocycles. The molecule has 1 aromatic carbocycles. The SMILES string of the molecule is CC(C)(C)/C=C/C(=O)Nc1ccc(NC(=O)CNC(=O)OC(C)(C)C)cc1. The first-order chi connectivity index (χ1) is 12.3.